The van der Waals surface area contributed by atoms with Crippen LogP contribution in [0, 0.1) is 40.4 Å². The van der Waals surface area contributed by atoms with E-state index in [4.69, 9.17) is 4.74 Å². The van der Waals surface area contributed by atoms with Gasteiger partial charge in [0.25, 0.3) is 0 Å². The largest absolute Gasteiger partial charge is 0.450 e. The summed E-state index contributed by atoms with van der Waals surface area (Å²) >= 11 is 0. The number of esters is 1. The van der Waals surface area contributed by atoms with Crippen molar-refractivity contribution in [1.29, 1.82) is 0 Å². The van der Waals surface area contributed by atoms with E-state index in [0.717, 1.165) is 51.4 Å². The summed E-state index contributed by atoms with van der Waals surface area (Å²) < 4.78 is 6.39. The standard InChI is InChI=1S/C28H38O4/c1-17-15-24-22-10-9-20-16-21(30)11-13-26(20,3)23(22)12-14-27(24,4)28(17,18(2)29)32-25(31)19-7-5-6-8-19/h9-10,16-17,19,22-24H,5-8,11-15H2,1-4H3/t17-,22+,23-,24-,26-,27-,28-/m0/s1. The van der Waals surface area contributed by atoms with Gasteiger partial charge >= 0.3 is 5.97 Å². The lowest BCUT2D eigenvalue weighted by atomic mass is 9.48. The van der Waals surface area contributed by atoms with Crippen molar-refractivity contribution in [2.45, 2.75) is 91.1 Å². The second kappa shape index (κ2) is 7.40. The van der Waals surface area contributed by atoms with Gasteiger partial charge in [-0.25, -0.2) is 0 Å². The minimum Gasteiger partial charge on any atom is -0.450 e. The summed E-state index contributed by atoms with van der Waals surface area (Å²) in [5.41, 5.74) is -0.148. The number of allylic oxidation sites excluding steroid dienone is 4. The van der Waals surface area contributed by atoms with E-state index in [2.05, 4.69) is 32.9 Å². The Balaban J connectivity index is 1.52. The summed E-state index contributed by atoms with van der Waals surface area (Å²) in [4.78, 5) is 38.6. The molecule has 0 aromatic heterocycles. The lowest BCUT2D eigenvalue weighted by Crippen LogP contribution is -2.60. The molecule has 0 unspecified atom stereocenters. The van der Waals surface area contributed by atoms with Gasteiger partial charge in [-0.2, -0.15) is 0 Å². The number of ether oxygens (including phenoxy) is 1. The van der Waals surface area contributed by atoms with Crippen molar-refractivity contribution < 1.29 is 19.1 Å². The number of rotatable bonds is 3. The third kappa shape index (κ3) is 2.83. The van der Waals surface area contributed by atoms with Crippen LogP contribution in [-0.4, -0.2) is 23.1 Å². The van der Waals surface area contributed by atoms with E-state index < -0.39 is 5.60 Å². The molecule has 4 heteroatoms. The van der Waals surface area contributed by atoms with Gasteiger partial charge in [0.1, 0.15) is 0 Å². The number of carbonyl (C=O) groups is 3. The molecule has 0 aromatic rings. The minimum atomic E-state index is -1.02. The molecule has 5 aliphatic carbocycles. The monoisotopic (exact) mass is 438 g/mol. The highest BCUT2D eigenvalue weighted by molar-refractivity contribution is 5.92. The first-order chi connectivity index (χ1) is 15.1. The molecule has 3 saturated carbocycles. The fourth-order valence-corrected chi connectivity index (χ4v) is 8.77. The first-order valence-electron chi connectivity index (χ1n) is 12.8. The third-order valence-corrected chi connectivity index (χ3v) is 10.5. The Kier molecular flexibility index (Phi) is 5.11. The zero-order valence-electron chi connectivity index (χ0n) is 20.1. The highest BCUT2D eigenvalue weighted by Gasteiger charge is 2.70. The molecule has 32 heavy (non-hydrogen) atoms. The average Bonchev–Trinajstić information content (AvgIpc) is 3.35. The predicted octanol–water partition coefficient (Wildman–Crippen LogP) is 5.60. The fourth-order valence-electron chi connectivity index (χ4n) is 8.77. The normalized spacial score (nSPS) is 45.6. The van der Waals surface area contributed by atoms with Crippen LogP contribution in [-0.2, 0) is 19.1 Å². The Labute approximate surface area is 192 Å². The molecule has 0 saturated heterocycles. The molecule has 0 spiro atoms. The van der Waals surface area contributed by atoms with E-state index in [1.54, 1.807) is 6.92 Å². The lowest BCUT2D eigenvalue weighted by molar-refractivity contribution is -0.195. The summed E-state index contributed by atoms with van der Waals surface area (Å²) in [6.07, 6.45) is 14.7. The van der Waals surface area contributed by atoms with E-state index in [0.29, 0.717) is 24.2 Å². The van der Waals surface area contributed by atoms with Crippen LogP contribution in [0.2, 0.25) is 0 Å². The number of ketones is 2. The van der Waals surface area contributed by atoms with Crippen LogP contribution in [0.4, 0.5) is 0 Å². The summed E-state index contributed by atoms with van der Waals surface area (Å²) in [5.74, 6) is 1.24. The van der Waals surface area contributed by atoms with E-state index in [1.165, 1.54) is 5.57 Å². The molecule has 0 N–H and O–H groups in total. The van der Waals surface area contributed by atoms with E-state index >= 15 is 0 Å². The van der Waals surface area contributed by atoms with Gasteiger partial charge in [0.2, 0.25) is 0 Å². The number of fused-ring (bicyclic) bond motifs is 5. The molecule has 5 rings (SSSR count). The summed E-state index contributed by atoms with van der Waals surface area (Å²) in [6, 6.07) is 0. The van der Waals surface area contributed by atoms with Crippen LogP contribution in [0.15, 0.2) is 23.8 Å². The Morgan fingerprint density at radius 3 is 2.47 bits per heavy atom. The molecule has 0 amide bonds. The number of carbonyl (C=O) groups excluding carboxylic acids is 3. The van der Waals surface area contributed by atoms with E-state index in [9.17, 15) is 14.4 Å². The van der Waals surface area contributed by atoms with Gasteiger partial charge in [-0.15, -0.1) is 0 Å². The maximum Gasteiger partial charge on any atom is 0.309 e. The topological polar surface area (TPSA) is 60.4 Å². The average molecular weight is 439 g/mol. The van der Waals surface area contributed by atoms with Crippen LogP contribution in [0.25, 0.3) is 0 Å². The summed E-state index contributed by atoms with van der Waals surface area (Å²) in [7, 11) is 0. The number of Topliss-reactive ketones (excluding diaryl/α,β-unsaturated/α-hetero) is 1. The van der Waals surface area contributed by atoms with Gasteiger partial charge in [0.05, 0.1) is 5.92 Å². The maximum absolute atomic E-state index is 13.3. The molecule has 0 aromatic carbocycles. The smallest absolute Gasteiger partial charge is 0.309 e. The van der Waals surface area contributed by atoms with Crippen molar-refractivity contribution in [2.24, 2.45) is 40.4 Å². The molecule has 3 fully saturated rings. The SMILES string of the molecule is CC(=O)[C@@]1(OC(=O)C2CCCC2)[C@@H](C)C[C@H]2[C@@H]3C=CC4=CC(=O)CC[C@]4(C)[C@H]3CC[C@@]21C. The third-order valence-electron chi connectivity index (χ3n) is 10.5. The second-order valence-electron chi connectivity index (χ2n) is 11.9. The van der Waals surface area contributed by atoms with Crippen LogP contribution in [0.5, 0.6) is 0 Å². The van der Waals surface area contributed by atoms with Crippen molar-refractivity contribution in [3.63, 3.8) is 0 Å². The molecule has 4 nitrogen and oxygen atoms in total. The minimum absolute atomic E-state index is 0.0187. The van der Waals surface area contributed by atoms with Gasteiger partial charge in [-0.05, 0) is 80.3 Å². The van der Waals surface area contributed by atoms with Gasteiger partial charge in [-0.1, -0.05) is 45.8 Å². The van der Waals surface area contributed by atoms with Crippen LogP contribution in [0.1, 0.15) is 85.5 Å². The summed E-state index contributed by atoms with van der Waals surface area (Å²) in [5, 5.41) is 0. The van der Waals surface area contributed by atoms with Crippen molar-refractivity contribution in [1.82, 2.24) is 0 Å². The molecule has 0 radical (unpaired) electrons. The molecule has 5 aliphatic rings. The molecule has 0 bridgehead atoms. The zero-order valence-corrected chi connectivity index (χ0v) is 20.1. The van der Waals surface area contributed by atoms with Crippen molar-refractivity contribution in [2.75, 3.05) is 0 Å². The van der Waals surface area contributed by atoms with Crippen LogP contribution >= 0.6 is 0 Å². The molecule has 174 valence electrons. The lowest BCUT2D eigenvalue weighted by Gasteiger charge is -2.57. The first kappa shape index (κ1) is 22.1. The number of hydrogen-bond acceptors (Lipinski definition) is 4. The quantitative estimate of drug-likeness (QED) is 0.538. The first-order valence-corrected chi connectivity index (χ1v) is 12.8. The Hall–Kier alpha value is -1.71. The molecule has 7 atom stereocenters. The Morgan fingerprint density at radius 1 is 1.06 bits per heavy atom. The second-order valence-corrected chi connectivity index (χ2v) is 11.9. The summed E-state index contributed by atoms with van der Waals surface area (Å²) in [6.45, 7) is 8.34. The van der Waals surface area contributed by atoms with Gasteiger partial charge < -0.3 is 4.74 Å². The van der Waals surface area contributed by atoms with Gasteiger partial charge in [-0.3, -0.25) is 14.4 Å². The van der Waals surface area contributed by atoms with E-state index in [1.807, 2.05) is 6.08 Å². The van der Waals surface area contributed by atoms with Crippen LogP contribution < -0.4 is 0 Å². The van der Waals surface area contributed by atoms with Crippen molar-refractivity contribution >= 4 is 17.5 Å². The molecular weight excluding hydrogens is 400 g/mol. The molecule has 0 heterocycles. The maximum atomic E-state index is 13.3. The molecular formula is C28H38O4. The van der Waals surface area contributed by atoms with Gasteiger partial charge in [0.15, 0.2) is 17.2 Å². The zero-order chi connectivity index (χ0) is 22.9. The van der Waals surface area contributed by atoms with E-state index in [-0.39, 0.29) is 40.2 Å². The fraction of sp³-hybridized carbons (Fsp3) is 0.750. The molecule has 0 aliphatic heterocycles. The van der Waals surface area contributed by atoms with Gasteiger partial charge in [0, 0.05) is 17.8 Å². The highest BCUT2D eigenvalue weighted by Crippen LogP contribution is 2.68. The number of hydrogen-bond donors (Lipinski definition) is 0. The Bertz CT molecular complexity index is 908. The van der Waals surface area contributed by atoms with Crippen molar-refractivity contribution in [3.05, 3.63) is 23.8 Å². The predicted molar refractivity (Wildman–Crippen MR) is 123 cm³/mol. The van der Waals surface area contributed by atoms with Crippen molar-refractivity contribution in [3.8, 4) is 0 Å². The Morgan fingerprint density at radius 2 is 1.78 bits per heavy atom. The highest BCUT2D eigenvalue weighted by atomic mass is 16.6. The van der Waals surface area contributed by atoms with Crippen LogP contribution in [0.3, 0.4) is 0 Å².